The summed E-state index contributed by atoms with van der Waals surface area (Å²) in [4.78, 5) is 27.5. The van der Waals surface area contributed by atoms with Crippen LogP contribution >= 0.6 is 0 Å². The van der Waals surface area contributed by atoms with Crippen LogP contribution in [0, 0.1) is 5.92 Å². The zero-order valence-corrected chi connectivity index (χ0v) is 19.5. The number of guanidine groups is 1. The monoisotopic (exact) mass is 441 g/mol. The van der Waals surface area contributed by atoms with Crippen LogP contribution in [-0.4, -0.2) is 41.5 Å². The summed E-state index contributed by atoms with van der Waals surface area (Å²) in [7, 11) is 0. The van der Waals surface area contributed by atoms with E-state index in [0.717, 1.165) is 43.1 Å². The Morgan fingerprint density at radius 3 is 2.84 bits per heavy atom. The minimum Gasteiger partial charge on any atom is -0.443 e. The highest BCUT2D eigenvalue weighted by atomic mass is 16.4. The number of oxazole rings is 1. The molecule has 4 N–H and O–H groups in total. The van der Waals surface area contributed by atoms with Crippen LogP contribution < -0.4 is 21.3 Å². The van der Waals surface area contributed by atoms with Gasteiger partial charge in [0.05, 0.1) is 25.2 Å². The summed E-state index contributed by atoms with van der Waals surface area (Å²) in [6.45, 7) is 11.4. The zero-order chi connectivity index (χ0) is 23.1. The molecule has 1 unspecified atom stereocenters. The van der Waals surface area contributed by atoms with Crippen LogP contribution in [0.4, 0.5) is 5.82 Å². The molecule has 1 atom stereocenters. The van der Waals surface area contributed by atoms with Gasteiger partial charge in [0.1, 0.15) is 11.6 Å². The number of nitrogens with one attached hydrogen (secondary N) is 2. The van der Waals surface area contributed by atoms with E-state index in [-0.39, 0.29) is 17.2 Å². The van der Waals surface area contributed by atoms with Crippen LogP contribution in [0.3, 0.4) is 0 Å². The Balaban J connectivity index is 1.68. The number of rotatable bonds is 7. The van der Waals surface area contributed by atoms with Gasteiger partial charge in [0.15, 0.2) is 5.96 Å². The first-order chi connectivity index (χ1) is 15.3. The minimum absolute atomic E-state index is 0.0808. The van der Waals surface area contributed by atoms with E-state index < -0.39 is 0 Å². The summed E-state index contributed by atoms with van der Waals surface area (Å²) in [5.41, 5.74) is 6.47. The summed E-state index contributed by atoms with van der Waals surface area (Å²) >= 11 is 0. The molecule has 174 valence electrons. The number of aromatic nitrogens is 2. The molecule has 1 fully saturated rings. The number of nitrogens with two attached hydrogens (primary N) is 1. The molecule has 9 nitrogen and oxygen atoms in total. The average Bonchev–Trinajstić information content (AvgIpc) is 3.26. The Hall–Kier alpha value is -3.10. The summed E-state index contributed by atoms with van der Waals surface area (Å²) in [5.74, 6) is 2.62. The van der Waals surface area contributed by atoms with E-state index in [1.165, 1.54) is 0 Å². The highest BCUT2D eigenvalue weighted by molar-refractivity contribution is 5.80. The van der Waals surface area contributed by atoms with Gasteiger partial charge in [-0.3, -0.25) is 4.79 Å². The number of hydrogen-bond donors (Lipinski definition) is 3. The molecule has 0 spiro atoms. The Morgan fingerprint density at radius 2 is 2.16 bits per heavy atom. The Kier molecular flexibility index (Phi) is 7.71. The van der Waals surface area contributed by atoms with E-state index in [0.29, 0.717) is 31.5 Å². The number of pyridine rings is 1. The Bertz CT molecular complexity index is 932. The third-order valence-electron chi connectivity index (χ3n) is 5.44. The normalized spacial score (nSPS) is 17.3. The fraction of sp³-hybridized carbons (Fsp3) is 0.565. The first kappa shape index (κ1) is 23.6. The van der Waals surface area contributed by atoms with Gasteiger partial charge in [-0.15, -0.1) is 0 Å². The van der Waals surface area contributed by atoms with E-state index in [9.17, 15) is 4.79 Å². The lowest BCUT2D eigenvalue weighted by atomic mass is 9.94. The molecule has 0 aliphatic carbocycles. The van der Waals surface area contributed by atoms with Gasteiger partial charge >= 0.3 is 0 Å². The van der Waals surface area contributed by atoms with Gasteiger partial charge in [-0.2, -0.15) is 0 Å². The molecule has 0 bridgehead atoms. The van der Waals surface area contributed by atoms with Crippen LogP contribution in [0.2, 0.25) is 0 Å². The van der Waals surface area contributed by atoms with Crippen LogP contribution in [0.5, 0.6) is 0 Å². The van der Waals surface area contributed by atoms with Gasteiger partial charge in [0.25, 0.3) is 0 Å². The molecule has 3 rings (SSSR count). The fourth-order valence-electron chi connectivity index (χ4n) is 3.64. The van der Waals surface area contributed by atoms with Crippen molar-refractivity contribution in [2.45, 2.75) is 59.0 Å². The number of carbonyl (C=O) groups excluding carboxylic acids is 1. The van der Waals surface area contributed by atoms with Crippen LogP contribution in [0.15, 0.2) is 33.9 Å². The largest absolute Gasteiger partial charge is 0.443 e. The van der Waals surface area contributed by atoms with E-state index >= 15 is 0 Å². The second kappa shape index (κ2) is 10.5. The summed E-state index contributed by atoms with van der Waals surface area (Å²) < 4.78 is 5.86. The molecular formula is C23H35N7O2. The third-order valence-corrected chi connectivity index (χ3v) is 5.44. The predicted molar refractivity (Wildman–Crippen MR) is 125 cm³/mol. The van der Waals surface area contributed by atoms with Crippen molar-refractivity contribution in [1.29, 1.82) is 0 Å². The topological polar surface area (TPSA) is 122 Å². The zero-order valence-electron chi connectivity index (χ0n) is 19.5. The molecular weight excluding hydrogens is 406 g/mol. The van der Waals surface area contributed by atoms with Gasteiger partial charge < -0.3 is 25.7 Å². The van der Waals surface area contributed by atoms with Gasteiger partial charge in [-0.25, -0.2) is 15.0 Å². The smallest absolute Gasteiger partial charge is 0.222 e. The molecule has 3 heterocycles. The molecule has 0 saturated carbocycles. The molecule has 9 heteroatoms. The molecule has 32 heavy (non-hydrogen) atoms. The third kappa shape index (κ3) is 6.21. The maximum Gasteiger partial charge on any atom is 0.222 e. The molecule has 1 aliphatic rings. The van der Waals surface area contributed by atoms with E-state index in [1.807, 2.05) is 19.1 Å². The van der Waals surface area contributed by atoms with Crippen molar-refractivity contribution in [3.05, 3.63) is 41.7 Å². The number of anilines is 1. The quantitative estimate of drug-likeness (QED) is 0.445. The van der Waals surface area contributed by atoms with Crippen LogP contribution in [0.25, 0.3) is 0 Å². The molecule has 1 aliphatic heterocycles. The van der Waals surface area contributed by atoms with Crippen LogP contribution in [-0.2, 0) is 23.3 Å². The summed E-state index contributed by atoms with van der Waals surface area (Å²) in [5, 5.41) is 6.54. The highest BCUT2D eigenvalue weighted by Crippen LogP contribution is 2.25. The van der Waals surface area contributed by atoms with Gasteiger partial charge in [-0.1, -0.05) is 26.8 Å². The maximum absolute atomic E-state index is 11.7. The van der Waals surface area contributed by atoms with Gasteiger partial charge in [0.2, 0.25) is 11.8 Å². The van der Waals surface area contributed by atoms with Crippen molar-refractivity contribution in [3.63, 3.8) is 0 Å². The number of nitrogens with zero attached hydrogens (tertiary/aromatic N) is 4. The average molecular weight is 442 g/mol. The van der Waals surface area contributed by atoms with Crippen molar-refractivity contribution in [1.82, 2.24) is 20.6 Å². The lowest BCUT2D eigenvalue weighted by Crippen LogP contribution is -2.42. The van der Waals surface area contributed by atoms with Crippen molar-refractivity contribution >= 4 is 17.7 Å². The predicted octanol–water partition coefficient (Wildman–Crippen LogP) is 2.32. The molecule has 2 aromatic heterocycles. The van der Waals surface area contributed by atoms with Gasteiger partial charge in [0, 0.05) is 36.8 Å². The highest BCUT2D eigenvalue weighted by Gasteiger charge is 2.26. The van der Waals surface area contributed by atoms with Crippen molar-refractivity contribution < 1.29 is 9.21 Å². The molecule has 0 radical (unpaired) electrons. The van der Waals surface area contributed by atoms with Crippen molar-refractivity contribution in [2.24, 2.45) is 16.6 Å². The molecule has 1 saturated heterocycles. The summed E-state index contributed by atoms with van der Waals surface area (Å²) in [6, 6.07) is 3.93. The Labute approximate surface area is 189 Å². The van der Waals surface area contributed by atoms with Crippen LogP contribution in [0.1, 0.15) is 57.8 Å². The minimum atomic E-state index is -0.245. The summed E-state index contributed by atoms with van der Waals surface area (Å²) in [6.07, 6.45) is 5.30. The van der Waals surface area contributed by atoms with Crippen molar-refractivity contribution in [3.8, 4) is 0 Å². The number of amides is 1. The second-order valence-electron chi connectivity index (χ2n) is 9.09. The van der Waals surface area contributed by atoms with Crippen molar-refractivity contribution in [2.75, 3.05) is 24.5 Å². The first-order valence-corrected chi connectivity index (χ1v) is 11.2. The second-order valence-corrected chi connectivity index (χ2v) is 9.09. The molecule has 1 amide bonds. The van der Waals surface area contributed by atoms with E-state index in [4.69, 9.17) is 15.1 Å². The number of aliphatic imine (C=N–C) groups is 1. The first-order valence-electron chi connectivity index (χ1n) is 11.2. The standard InChI is InChI=1S/C23H35N7O2/c1-5-25-22(29-14-19-27-13-18(32-19)23(2,3)4)28-12-16-8-6-10-26-21(16)30-11-7-9-17(15-30)20(24)31/h6,8,10,13,17H,5,7,9,11-12,14-15H2,1-4H3,(H2,24,31)(H2,25,28,29). The van der Waals surface area contributed by atoms with E-state index in [1.54, 1.807) is 12.4 Å². The number of primary amides is 1. The Morgan fingerprint density at radius 1 is 1.34 bits per heavy atom. The lowest BCUT2D eigenvalue weighted by molar-refractivity contribution is -0.122. The number of carbonyl (C=O) groups is 1. The molecule has 2 aromatic rings. The maximum atomic E-state index is 11.7. The SMILES string of the molecule is CCNC(=NCc1cccnc1N1CCCC(C(N)=O)C1)NCc1ncc(C(C)(C)C)o1. The fourth-order valence-corrected chi connectivity index (χ4v) is 3.64. The number of hydrogen-bond acceptors (Lipinski definition) is 6. The molecule has 0 aromatic carbocycles. The lowest BCUT2D eigenvalue weighted by Gasteiger charge is -2.33. The van der Waals surface area contributed by atoms with E-state index in [2.05, 4.69) is 46.3 Å². The van der Waals surface area contributed by atoms with Gasteiger partial charge in [-0.05, 0) is 25.8 Å². The number of piperidine rings is 1.